The predicted octanol–water partition coefficient (Wildman–Crippen LogP) is 2.08. The second-order valence-electron chi connectivity index (χ2n) is 5.08. The van der Waals surface area contributed by atoms with Crippen molar-refractivity contribution in [2.45, 2.75) is 31.7 Å². The van der Waals surface area contributed by atoms with Crippen LogP contribution in [0.15, 0.2) is 30.9 Å². The SMILES string of the molecule is C=CCOC(=O)N[C@@H](Cc1ccc2c(c1)CCC2)C(=O)O. The third-order valence-electron chi connectivity index (χ3n) is 3.53. The van der Waals surface area contributed by atoms with Gasteiger partial charge < -0.3 is 15.2 Å². The molecule has 2 rings (SSSR count). The molecule has 0 bridgehead atoms. The largest absolute Gasteiger partial charge is 0.480 e. The summed E-state index contributed by atoms with van der Waals surface area (Å²) in [7, 11) is 0. The number of alkyl carbamates (subject to hydrolysis) is 1. The number of hydrogen-bond acceptors (Lipinski definition) is 3. The van der Waals surface area contributed by atoms with E-state index in [0.717, 1.165) is 24.8 Å². The highest BCUT2D eigenvalue weighted by atomic mass is 16.5. The van der Waals surface area contributed by atoms with Gasteiger partial charge in [0.25, 0.3) is 0 Å². The number of benzene rings is 1. The van der Waals surface area contributed by atoms with Crippen molar-refractivity contribution in [3.05, 3.63) is 47.5 Å². The molecule has 112 valence electrons. The van der Waals surface area contributed by atoms with Crippen molar-refractivity contribution < 1.29 is 19.4 Å². The van der Waals surface area contributed by atoms with E-state index in [9.17, 15) is 14.7 Å². The summed E-state index contributed by atoms with van der Waals surface area (Å²) in [5.74, 6) is -1.08. The highest BCUT2D eigenvalue weighted by Gasteiger charge is 2.22. The first kappa shape index (κ1) is 15.1. The smallest absolute Gasteiger partial charge is 0.408 e. The number of amides is 1. The maximum Gasteiger partial charge on any atom is 0.408 e. The van der Waals surface area contributed by atoms with Crippen LogP contribution in [0.3, 0.4) is 0 Å². The fourth-order valence-electron chi connectivity index (χ4n) is 2.51. The number of ether oxygens (including phenoxy) is 1. The Bertz CT molecular complexity index is 553. The summed E-state index contributed by atoms with van der Waals surface area (Å²) >= 11 is 0. The van der Waals surface area contributed by atoms with E-state index in [4.69, 9.17) is 4.74 Å². The van der Waals surface area contributed by atoms with Gasteiger partial charge in [-0.05, 0) is 36.0 Å². The van der Waals surface area contributed by atoms with Gasteiger partial charge in [0.2, 0.25) is 0 Å². The average Bonchev–Trinajstić information content (AvgIpc) is 2.91. The van der Waals surface area contributed by atoms with Crippen molar-refractivity contribution in [1.82, 2.24) is 5.32 Å². The standard InChI is InChI=1S/C16H19NO4/c1-2-8-21-16(20)17-14(15(18)19)10-11-6-7-12-4-3-5-13(12)9-11/h2,6-7,9,14H,1,3-5,8,10H2,(H,17,20)(H,18,19)/t14-/m0/s1. The molecule has 0 aromatic heterocycles. The number of carbonyl (C=O) groups excluding carboxylic acids is 1. The van der Waals surface area contributed by atoms with Crippen molar-refractivity contribution >= 4 is 12.1 Å². The maximum absolute atomic E-state index is 11.4. The van der Waals surface area contributed by atoms with Crippen LogP contribution in [0.1, 0.15) is 23.1 Å². The van der Waals surface area contributed by atoms with E-state index in [1.165, 1.54) is 17.2 Å². The first-order chi connectivity index (χ1) is 10.1. The van der Waals surface area contributed by atoms with Crippen LogP contribution in [0.2, 0.25) is 0 Å². The number of carboxylic acid groups (broad SMARTS) is 1. The number of hydrogen-bond donors (Lipinski definition) is 2. The molecule has 1 aromatic rings. The Balaban J connectivity index is 2.01. The summed E-state index contributed by atoms with van der Waals surface area (Å²) in [6.07, 6.45) is 4.19. The zero-order valence-corrected chi connectivity index (χ0v) is 11.8. The molecule has 21 heavy (non-hydrogen) atoms. The molecule has 0 aliphatic heterocycles. The van der Waals surface area contributed by atoms with Crippen molar-refractivity contribution in [2.75, 3.05) is 6.61 Å². The van der Waals surface area contributed by atoms with Gasteiger partial charge in [-0.3, -0.25) is 0 Å². The van der Waals surface area contributed by atoms with Gasteiger partial charge in [0.1, 0.15) is 12.6 Å². The van der Waals surface area contributed by atoms with Crippen molar-refractivity contribution in [1.29, 1.82) is 0 Å². The third-order valence-corrected chi connectivity index (χ3v) is 3.53. The highest BCUT2D eigenvalue weighted by Crippen LogP contribution is 2.23. The molecule has 0 radical (unpaired) electrons. The Kier molecular flexibility index (Phi) is 4.98. The minimum atomic E-state index is -1.08. The predicted molar refractivity (Wildman–Crippen MR) is 78.3 cm³/mol. The van der Waals surface area contributed by atoms with Crippen LogP contribution in [0.5, 0.6) is 0 Å². The van der Waals surface area contributed by atoms with Crippen LogP contribution in [0, 0.1) is 0 Å². The van der Waals surface area contributed by atoms with Gasteiger partial charge in [-0.15, -0.1) is 0 Å². The van der Waals surface area contributed by atoms with Gasteiger partial charge in [-0.25, -0.2) is 9.59 Å². The Morgan fingerprint density at radius 2 is 2.14 bits per heavy atom. The van der Waals surface area contributed by atoms with E-state index < -0.39 is 18.1 Å². The van der Waals surface area contributed by atoms with Crippen LogP contribution in [0.4, 0.5) is 4.79 Å². The van der Waals surface area contributed by atoms with Crippen LogP contribution in [0.25, 0.3) is 0 Å². The van der Waals surface area contributed by atoms with E-state index in [1.54, 1.807) is 0 Å². The van der Waals surface area contributed by atoms with Crippen LogP contribution in [-0.2, 0) is 28.8 Å². The zero-order chi connectivity index (χ0) is 15.2. The van der Waals surface area contributed by atoms with E-state index in [0.29, 0.717) is 0 Å². The quantitative estimate of drug-likeness (QED) is 0.786. The molecule has 5 nitrogen and oxygen atoms in total. The summed E-state index contributed by atoms with van der Waals surface area (Å²) in [5, 5.41) is 11.6. The molecule has 1 amide bonds. The molecule has 1 aromatic carbocycles. The number of aliphatic carboxylic acids is 1. The molecule has 1 aliphatic rings. The summed E-state index contributed by atoms with van der Waals surface area (Å²) in [6.45, 7) is 3.48. The number of nitrogens with one attached hydrogen (secondary N) is 1. The Morgan fingerprint density at radius 1 is 1.38 bits per heavy atom. The third kappa shape index (κ3) is 4.08. The lowest BCUT2D eigenvalue weighted by molar-refractivity contribution is -0.139. The molecule has 0 spiro atoms. The number of rotatable bonds is 6. The van der Waals surface area contributed by atoms with E-state index >= 15 is 0 Å². The molecule has 2 N–H and O–H groups in total. The van der Waals surface area contributed by atoms with Gasteiger partial charge in [-0.2, -0.15) is 0 Å². The molecule has 0 saturated heterocycles. The number of fused-ring (bicyclic) bond motifs is 1. The van der Waals surface area contributed by atoms with E-state index in [2.05, 4.69) is 11.9 Å². The topological polar surface area (TPSA) is 75.6 Å². The minimum absolute atomic E-state index is 0.0526. The number of carboxylic acids is 1. The first-order valence-electron chi connectivity index (χ1n) is 6.98. The zero-order valence-electron chi connectivity index (χ0n) is 11.8. The summed E-state index contributed by atoms with van der Waals surface area (Å²) < 4.78 is 4.75. The summed E-state index contributed by atoms with van der Waals surface area (Å²) in [4.78, 5) is 22.7. The monoisotopic (exact) mass is 289 g/mol. The number of carbonyl (C=O) groups is 2. The van der Waals surface area contributed by atoms with Gasteiger partial charge in [-0.1, -0.05) is 30.9 Å². The second kappa shape index (κ2) is 6.92. The average molecular weight is 289 g/mol. The van der Waals surface area contributed by atoms with Gasteiger partial charge in [0.15, 0.2) is 0 Å². The summed E-state index contributed by atoms with van der Waals surface area (Å²) in [5.41, 5.74) is 3.53. The molecule has 5 heteroatoms. The Hall–Kier alpha value is -2.30. The van der Waals surface area contributed by atoms with Gasteiger partial charge >= 0.3 is 12.1 Å². The van der Waals surface area contributed by atoms with Crippen molar-refractivity contribution in [2.24, 2.45) is 0 Å². The Morgan fingerprint density at radius 3 is 2.86 bits per heavy atom. The second-order valence-corrected chi connectivity index (χ2v) is 5.08. The normalized spacial score (nSPS) is 14.1. The minimum Gasteiger partial charge on any atom is -0.480 e. The molecular weight excluding hydrogens is 270 g/mol. The van der Waals surface area contributed by atoms with Crippen LogP contribution < -0.4 is 5.32 Å². The lowest BCUT2D eigenvalue weighted by atomic mass is 10.0. The molecule has 0 saturated carbocycles. The first-order valence-corrected chi connectivity index (χ1v) is 6.98. The fraction of sp³-hybridized carbons (Fsp3) is 0.375. The summed E-state index contributed by atoms with van der Waals surface area (Å²) in [6, 6.07) is 5.01. The molecule has 1 atom stereocenters. The maximum atomic E-state index is 11.4. The lowest BCUT2D eigenvalue weighted by Crippen LogP contribution is -2.42. The molecule has 0 heterocycles. The number of aryl methyl sites for hydroxylation is 2. The highest BCUT2D eigenvalue weighted by molar-refractivity contribution is 5.80. The molecular formula is C16H19NO4. The van der Waals surface area contributed by atoms with E-state index in [-0.39, 0.29) is 13.0 Å². The Labute approximate surface area is 123 Å². The van der Waals surface area contributed by atoms with Gasteiger partial charge in [0, 0.05) is 6.42 Å². The van der Waals surface area contributed by atoms with Gasteiger partial charge in [0.05, 0.1) is 0 Å². The van der Waals surface area contributed by atoms with Crippen LogP contribution in [-0.4, -0.2) is 29.8 Å². The molecule has 1 aliphatic carbocycles. The molecule has 0 fully saturated rings. The van der Waals surface area contributed by atoms with Crippen molar-refractivity contribution in [3.63, 3.8) is 0 Å². The van der Waals surface area contributed by atoms with Crippen molar-refractivity contribution in [3.8, 4) is 0 Å². The van der Waals surface area contributed by atoms with E-state index in [1.807, 2.05) is 18.2 Å². The lowest BCUT2D eigenvalue weighted by Gasteiger charge is -2.15. The molecule has 0 unspecified atom stereocenters. The van der Waals surface area contributed by atoms with Crippen LogP contribution >= 0.6 is 0 Å². The fourth-order valence-corrected chi connectivity index (χ4v) is 2.51.